The third-order valence-electron chi connectivity index (χ3n) is 9.36. The Bertz CT molecular complexity index is 2640. The first-order chi connectivity index (χ1) is 22.3. The lowest BCUT2D eigenvalue weighted by Crippen LogP contribution is -1.93. The smallest absolute Gasteiger partial charge is 0.159 e. The first-order valence-electron chi connectivity index (χ1n) is 15.3. The van der Waals surface area contributed by atoms with Crippen LogP contribution in [-0.4, -0.2) is 14.5 Å². The number of hydrogen-bond donors (Lipinski definition) is 0. The molecule has 0 atom stereocenters. The molecule has 0 radical (unpaired) electrons. The molecule has 1 aliphatic carbocycles. The Morgan fingerprint density at radius 3 is 2.00 bits per heavy atom. The van der Waals surface area contributed by atoms with E-state index in [2.05, 4.69) is 150 Å². The van der Waals surface area contributed by atoms with Crippen molar-refractivity contribution in [3.8, 4) is 50.6 Å². The molecule has 0 aliphatic heterocycles. The van der Waals surface area contributed by atoms with Crippen molar-refractivity contribution in [3.63, 3.8) is 0 Å². The van der Waals surface area contributed by atoms with E-state index < -0.39 is 0 Å². The lowest BCUT2D eigenvalue weighted by atomic mass is 9.96. The Balaban J connectivity index is 1.09. The highest BCUT2D eigenvalue weighted by atomic mass is 15.0. The molecule has 7 aromatic carbocycles. The zero-order chi connectivity index (χ0) is 29.5. The number of para-hydroxylation sites is 2. The molecule has 0 N–H and O–H groups in total. The molecule has 0 bridgehead atoms. The number of hydrogen-bond acceptors (Lipinski definition) is 2. The summed E-state index contributed by atoms with van der Waals surface area (Å²) in [6.07, 6.45) is 1.99. The first-order valence-corrected chi connectivity index (χ1v) is 15.3. The fourth-order valence-corrected chi connectivity index (χ4v) is 7.35. The molecule has 3 nitrogen and oxygen atoms in total. The average molecular weight is 572 g/mol. The molecule has 0 saturated carbocycles. The molecule has 2 heterocycles. The Kier molecular flexibility index (Phi) is 5.00. The number of fused-ring (bicyclic) bond motifs is 7. The van der Waals surface area contributed by atoms with Gasteiger partial charge in [-0.05, 0) is 74.6 Å². The molecule has 1 aliphatic rings. The van der Waals surface area contributed by atoms with Crippen molar-refractivity contribution >= 4 is 43.4 Å². The van der Waals surface area contributed by atoms with Crippen LogP contribution in [0.25, 0.3) is 93.9 Å². The molecule has 0 saturated heterocycles. The molecular weight excluding hydrogens is 546 g/mol. The van der Waals surface area contributed by atoms with E-state index in [4.69, 9.17) is 9.97 Å². The van der Waals surface area contributed by atoms with Crippen LogP contribution < -0.4 is 0 Å². The van der Waals surface area contributed by atoms with Gasteiger partial charge in [-0.25, -0.2) is 9.97 Å². The van der Waals surface area contributed by atoms with Crippen LogP contribution in [0.1, 0.15) is 0 Å². The van der Waals surface area contributed by atoms with Crippen molar-refractivity contribution < 1.29 is 0 Å². The maximum absolute atomic E-state index is 5.11. The highest BCUT2D eigenvalue weighted by Gasteiger charge is 2.23. The van der Waals surface area contributed by atoms with E-state index in [0.29, 0.717) is 0 Å². The second-order valence-electron chi connectivity index (χ2n) is 11.8. The molecule has 10 rings (SSSR count). The van der Waals surface area contributed by atoms with Gasteiger partial charge >= 0.3 is 0 Å². The maximum atomic E-state index is 5.11. The number of nitrogens with zero attached hydrogens (tertiary/aromatic N) is 3. The second-order valence-corrected chi connectivity index (χ2v) is 11.8. The van der Waals surface area contributed by atoms with Crippen LogP contribution in [0.5, 0.6) is 0 Å². The molecule has 45 heavy (non-hydrogen) atoms. The first kappa shape index (κ1) is 24.4. The molecule has 9 aromatic rings. The van der Waals surface area contributed by atoms with E-state index >= 15 is 0 Å². The predicted molar refractivity (Wildman–Crippen MR) is 187 cm³/mol. The summed E-state index contributed by atoms with van der Waals surface area (Å²) in [6, 6.07) is 52.3. The summed E-state index contributed by atoms with van der Waals surface area (Å²) < 4.78 is 2.37. The van der Waals surface area contributed by atoms with Gasteiger partial charge in [0.2, 0.25) is 0 Å². The van der Waals surface area contributed by atoms with E-state index in [9.17, 15) is 0 Å². The van der Waals surface area contributed by atoms with Crippen LogP contribution in [0.2, 0.25) is 0 Å². The van der Waals surface area contributed by atoms with Gasteiger partial charge in [0.05, 0.1) is 16.7 Å². The minimum Gasteiger partial charge on any atom is -0.309 e. The van der Waals surface area contributed by atoms with Gasteiger partial charge < -0.3 is 4.57 Å². The Morgan fingerprint density at radius 1 is 0.444 bits per heavy atom. The van der Waals surface area contributed by atoms with Gasteiger partial charge in [0.25, 0.3) is 0 Å². The van der Waals surface area contributed by atoms with Gasteiger partial charge in [0.15, 0.2) is 5.82 Å². The Morgan fingerprint density at radius 2 is 1.13 bits per heavy atom. The van der Waals surface area contributed by atoms with Crippen molar-refractivity contribution in [1.82, 2.24) is 14.5 Å². The number of rotatable bonds is 3. The molecule has 0 spiro atoms. The largest absolute Gasteiger partial charge is 0.309 e. The normalized spacial score (nSPS) is 12.0. The lowest BCUT2D eigenvalue weighted by molar-refractivity contribution is 1.18. The van der Waals surface area contributed by atoms with Crippen LogP contribution >= 0.6 is 0 Å². The maximum Gasteiger partial charge on any atom is 0.159 e. The van der Waals surface area contributed by atoms with Gasteiger partial charge in [-0.3, -0.25) is 0 Å². The highest BCUT2D eigenvalue weighted by molar-refractivity contribution is 6.16. The summed E-state index contributed by atoms with van der Waals surface area (Å²) in [7, 11) is 0. The van der Waals surface area contributed by atoms with Crippen molar-refractivity contribution in [1.29, 1.82) is 0 Å². The van der Waals surface area contributed by atoms with E-state index in [-0.39, 0.29) is 0 Å². The van der Waals surface area contributed by atoms with E-state index in [1.165, 1.54) is 71.3 Å². The van der Waals surface area contributed by atoms with Crippen molar-refractivity contribution in [2.75, 3.05) is 0 Å². The Hall–Kier alpha value is -6.06. The van der Waals surface area contributed by atoms with Crippen LogP contribution in [0, 0.1) is 0 Å². The van der Waals surface area contributed by atoms with Gasteiger partial charge in [-0.1, -0.05) is 109 Å². The van der Waals surface area contributed by atoms with E-state index in [1.807, 2.05) is 6.20 Å². The fraction of sp³-hybridized carbons (Fsp3) is 0. The van der Waals surface area contributed by atoms with Crippen molar-refractivity contribution in [2.45, 2.75) is 0 Å². The second kappa shape index (κ2) is 9.22. The Labute approximate surface area is 259 Å². The quantitative estimate of drug-likeness (QED) is 0.211. The third-order valence-corrected chi connectivity index (χ3v) is 9.36. The van der Waals surface area contributed by atoms with E-state index in [0.717, 1.165) is 22.6 Å². The SMILES string of the molecule is c1ccc(-n2c3ccccc3c3c(-c4ccc5cc(-c6ncc7c(n6)-c6cccc8cccc-7c68)ccc5c4)cccc32)cc1. The molecule has 208 valence electrons. The van der Waals surface area contributed by atoms with Crippen molar-refractivity contribution in [2.24, 2.45) is 0 Å². The summed E-state index contributed by atoms with van der Waals surface area (Å²) in [6.45, 7) is 0. The van der Waals surface area contributed by atoms with Crippen LogP contribution in [0.3, 0.4) is 0 Å². The predicted octanol–water partition coefficient (Wildman–Crippen LogP) is 10.9. The zero-order valence-electron chi connectivity index (χ0n) is 24.3. The summed E-state index contributed by atoms with van der Waals surface area (Å²) >= 11 is 0. The van der Waals surface area contributed by atoms with Gasteiger partial charge in [-0.2, -0.15) is 0 Å². The minimum atomic E-state index is 0.753. The molecule has 0 fully saturated rings. The van der Waals surface area contributed by atoms with E-state index in [1.54, 1.807) is 0 Å². The highest BCUT2D eigenvalue weighted by Crippen LogP contribution is 2.46. The van der Waals surface area contributed by atoms with Crippen LogP contribution in [-0.2, 0) is 0 Å². The number of aromatic nitrogens is 3. The van der Waals surface area contributed by atoms with Crippen LogP contribution in [0.4, 0.5) is 0 Å². The summed E-state index contributed by atoms with van der Waals surface area (Å²) in [4.78, 5) is 9.95. The number of benzene rings is 7. The molecular formula is C42H25N3. The van der Waals surface area contributed by atoms with Gasteiger partial charge in [-0.15, -0.1) is 0 Å². The molecule has 0 amide bonds. The standard InChI is InChI=1S/C42H25N3/c1-2-11-31(12-3-1)45-37-17-5-4-13-34(37)40-32(14-8-18-38(40)45)29-21-19-28-24-30(22-20-27(28)23-29)42-43-25-36-33-15-6-9-26-10-7-16-35(39(26)33)41(36)44-42/h1-25H. The minimum absolute atomic E-state index is 0.753. The van der Waals surface area contributed by atoms with Gasteiger partial charge in [0.1, 0.15) is 0 Å². The fourth-order valence-electron chi connectivity index (χ4n) is 7.35. The molecule has 3 heteroatoms. The topological polar surface area (TPSA) is 30.7 Å². The van der Waals surface area contributed by atoms with Crippen LogP contribution in [0.15, 0.2) is 152 Å². The summed E-state index contributed by atoms with van der Waals surface area (Å²) in [5, 5.41) is 7.41. The average Bonchev–Trinajstić information content (AvgIpc) is 3.62. The summed E-state index contributed by atoms with van der Waals surface area (Å²) in [5.41, 5.74) is 11.6. The molecule has 2 aromatic heterocycles. The van der Waals surface area contributed by atoms with Gasteiger partial charge in [0, 0.05) is 39.3 Å². The molecule has 0 unspecified atom stereocenters. The summed E-state index contributed by atoms with van der Waals surface area (Å²) in [5.74, 6) is 0.753. The van der Waals surface area contributed by atoms with Crippen molar-refractivity contribution in [3.05, 3.63) is 152 Å². The zero-order valence-corrected chi connectivity index (χ0v) is 24.3. The lowest BCUT2D eigenvalue weighted by Gasteiger charge is -2.10. The monoisotopic (exact) mass is 571 g/mol. The third kappa shape index (κ3) is 3.52.